The van der Waals surface area contributed by atoms with Crippen LogP contribution < -0.4 is 0 Å². The molecule has 0 saturated heterocycles. The zero-order valence-corrected chi connectivity index (χ0v) is 10.3. The molecule has 0 N–H and O–H groups in total. The van der Waals surface area contributed by atoms with E-state index in [1.807, 2.05) is 51.1 Å². The number of pyridine rings is 1. The molecule has 0 radical (unpaired) electrons. The fourth-order valence-corrected chi connectivity index (χ4v) is 1.35. The van der Waals surface area contributed by atoms with Crippen molar-refractivity contribution in [2.75, 3.05) is 0 Å². The van der Waals surface area contributed by atoms with Gasteiger partial charge in [0.25, 0.3) is 0 Å². The lowest BCUT2D eigenvalue weighted by Gasteiger charge is -2.06. The number of rotatable bonds is 1. The molecule has 0 amide bonds. The molecule has 17 heavy (non-hydrogen) atoms. The van der Waals surface area contributed by atoms with Crippen molar-refractivity contribution in [3.8, 4) is 0 Å². The van der Waals surface area contributed by atoms with E-state index in [-0.39, 0.29) is 5.54 Å². The zero-order valence-electron chi connectivity index (χ0n) is 10.3. The third-order valence-electron chi connectivity index (χ3n) is 2.14. The maximum absolute atomic E-state index is 4.32. The van der Waals surface area contributed by atoms with Crippen molar-refractivity contribution in [1.29, 1.82) is 0 Å². The Morgan fingerprint density at radius 2 is 1.94 bits per heavy atom. The summed E-state index contributed by atoms with van der Waals surface area (Å²) in [6.07, 6.45) is 1.73. The van der Waals surface area contributed by atoms with Crippen LogP contribution in [-0.2, 0) is 0 Å². The highest BCUT2D eigenvalue weighted by Gasteiger charge is 2.04. The molecular weight excluding hydrogens is 210 g/mol. The van der Waals surface area contributed by atoms with Crippen LogP contribution in [0.25, 0.3) is 10.9 Å². The van der Waals surface area contributed by atoms with Crippen LogP contribution in [0.5, 0.6) is 0 Å². The Morgan fingerprint density at radius 3 is 2.71 bits per heavy atom. The van der Waals surface area contributed by atoms with Gasteiger partial charge in [-0.05, 0) is 32.9 Å². The Labute approximate surface area is 101 Å². The summed E-state index contributed by atoms with van der Waals surface area (Å²) in [5.74, 6) is 0. The minimum atomic E-state index is -0.145. The molecule has 0 fully saturated rings. The molecule has 1 heterocycles. The maximum atomic E-state index is 4.32. The molecule has 2 aromatic rings. The summed E-state index contributed by atoms with van der Waals surface area (Å²) >= 11 is 0. The predicted molar refractivity (Wildman–Crippen MR) is 71.0 cm³/mol. The molecule has 0 unspecified atom stereocenters. The highest BCUT2D eigenvalue weighted by molar-refractivity contribution is 5.81. The fraction of sp³-hybridized carbons (Fsp3) is 0.286. The summed E-state index contributed by atoms with van der Waals surface area (Å²) in [7, 11) is 0. The van der Waals surface area contributed by atoms with E-state index in [0.29, 0.717) is 0 Å². The minimum Gasteiger partial charge on any atom is -0.254 e. The Hall–Kier alpha value is -1.99. The molecule has 0 aliphatic rings. The number of hydrogen-bond acceptors (Lipinski definition) is 3. The first-order chi connectivity index (χ1) is 8.04. The van der Waals surface area contributed by atoms with Crippen molar-refractivity contribution >= 4 is 22.6 Å². The van der Waals surface area contributed by atoms with Crippen LogP contribution in [0.3, 0.4) is 0 Å². The Morgan fingerprint density at radius 1 is 1.18 bits per heavy atom. The van der Waals surface area contributed by atoms with Gasteiger partial charge in [-0.2, -0.15) is 4.99 Å². The molecular formula is C14H15N3. The minimum absolute atomic E-state index is 0.145. The summed E-state index contributed by atoms with van der Waals surface area (Å²) < 4.78 is 0. The van der Waals surface area contributed by atoms with Crippen molar-refractivity contribution in [2.45, 2.75) is 26.3 Å². The van der Waals surface area contributed by atoms with E-state index in [2.05, 4.69) is 21.0 Å². The van der Waals surface area contributed by atoms with Crippen LogP contribution >= 0.6 is 0 Å². The van der Waals surface area contributed by atoms with Gasteiger partial charge >= 0.3 is 0 Å². The van der Waals surface area contributed by atoms with Crippen LogP contribution in [-0.4, -0.2) is 16.5 Å². The van der Waals surface area contributed by atoms with E-state index in [0.717, 1.165) is 16.6 Å². The lowest BCUT2D eigenvalue weighted by Crippen LogP contribution is -2.07. The molecule has 0 aliphatic heterocycles. The second kappa shape index (κ2) is 4.48. The van der Waals surface area contributed by atoms with E-state index in [9.17, 15) is 0 Å². The first-order valence-corrected chi connectivity index (χ1v) is 5.57. The summed E-state index contributed by atoms with van der Waals surface area (Å²) in [6, 6.07) is 12.6. The van der Waals surface area contributed by atoms with Crippen molar-refractivity contribution < 1.29 is 0 Å². The Balaban J connectivity index is 2.35. The van der Waals surface area contributed by atoms with Gasteiger partial charge in [-0.25, -0.2) is 4.99 Å². The molecule has 3 nitrogen and oxygen atoms in total. The maximum Gasteiger partial charge on any atom is 0.0954 e. The van der Waals surface area contributed by atoms with Crippen LogP contribution in [0.4, 0.5) is 5.69 Å². The summed E-state index contributed by atoms with van der Waals surface area (Å²) in [4.78, 5) is 12.7. The Bertz CT molecular complexity index is 588. The number of aromatic nitrogens is 1. The van der Waals surface area contributed by atoms with Gasteiger partial charge in [-0.3, -0.25) is 4.98 Å². The van der Waals surface area contributed by atoms with Gasteiger partial charge in [0, 0.05) is 5.39 Å². The molecule has 0 saturated carbocycles. The molecule has 0 aliphatic carbocycles. The highest BCUT2D eigenvalue weighted by atomic mass is 14.9. The molecule has 3 heteroatoms. The first kappa shape index (κ1) is 11.5. The molecule has 0 bridgehead atoms. The average molecular weight is 225 g/mol. The van der Waals surface area contributed by atoms with E-state index >= 15 is 0 Å². The molecule has 0 atom stereocenters. The predicted octanol–water partition coefficient (Wildman–Crippen LogP) is 3.84. The second-order valence-electron chi connectivity index (χ2n) is 4.88. The van der Waals surface area contributed by atoms with Crippen molar-refractivity contribution in [1.82, 2.24) is 4.98 Å². The van der Waals surface area contributed by atoms with Crippen LogP contribution in [0.1, 0.15) is 20.8 Å². The monoisotopic (exact) mass is 225 g/mol. The molecule has 86 valence electrons. The summed E-state index contributed by atoms with van der Waals surface area (Å²) in [5.41, 5.74) is 1.60. The SMILES string of the molecule is CC(C)(C)N=C=Nc1cnc2ccccc2c1. The second-order valence-corrected chi connectivity index (χ2v) is 4.88. The lowest BCUT2D eigenvalue weighted by atomic mass is 10.1. The molecule has 0 spiro atoms. The molecule has 2 rings (SSSR count). The van der Waals surface area contributed by atoms with E-state index in [1.165, 1.54) is 0 Å². The number of aliphatic imine (C=N–C) groups is 2. The number of para-hydroxylation sites is 1. The van der Waals surface area contributed by atoms with Gasteiger partial charge in [-0.1, -0.05) is 18.2 Å². The van der Waals surface area contributed by atoms with Crippen LogP contribution in [0, 0.1) is 0 Å². The van der Waals surface area contributed by atoms with Gasteiger partial charge in [-0.15, -0.1) is 0 Å². The number of benzene rings is 1. The lowest BCUT2D eigenvalue weighted by molar-refractivity contribution is 0.587. The summed E-state index contributed by atoms with van der Waals surface area (Å²) in [5, 5.41) is 1.08. The van der Waals surface area contributed by atoms with Crippen LogP contribution in [0.2, 0.25) is 0 Å². The first-order valence-electron chi connectivity index (χ1n) is 5.57. The van der Waals surface area contributed by atoms with E-state index in [4.69, 9.17) is 0 Å². The third-order valence-corrected chi connectivity index (χ3v) is 2.14. The normalized spacial score (nSPS) is 11.0. The fourth-order valence-electron chi connectivity index (χ4n) is 1.35. The van der Waals surface area contributed by atoms with Gasteiger partial charge in [0.1, 0.15) is 0 Å². The Kier molecular flexibility index (Phi) is 3.03. The third kappa shape index (κ3) is 3.23. The zero-order chi connectivity index (χ0) is 12.3. The quantitative estimate of drug-likeness (QED) is 0.679. The number of hydrogen-bond donors (Lipinski definition) is 0. The standard InChI is InChI=1S/C14H15N3/c1-14(2,3)17-10-16-12-8-11-6-4-5-7-13(11)15-9-12/h4-9H,1-3H3. The highest BCUT2D eigenvalue weighted by Crippen LogP contribution is 2.17. The van der Waals surface area contributed by atoms with Crippen molar-refractivity contribution in [2.24, 2.45) is 9.98 Å². The van der Waals surface area contributed by atoms with Crippen molar-refractivity contribution in [3.63, 3.8) is 0 Å². The smallest absolute Gasteiger partial charge is 0.0954 e. The van der Waals surface area contributed by atoms with Crippen molar-refractivity contribution in [3.05, 3.63) is 36.5 Å². The van der Waals surface area contributed by atoms with E-state index in [1.54, 1.807) is 6.20 Å². The number of fused-ring (bicyclic) bond motifs is 1. The van der Waals surface area contributed by atoms with Gasteiger partial charge < -0.3 is 0 Å². The topological polar surface area (TPSA) is 37.6 Å². The molecule has 1 aromatic heterocycles. The summed E-state index contributed by atoms with van der Waals surface area (Å²) in [6.45, 7) is 6.02. The van der Waals surface area contributed by atoms with Gasteiger partial charge in [0.15, 0.2) is 0 Å². The van der Waals surface area contributed by atoms with Gasteiger partial charge in [0.2, 0.25) is 0 Å². The van der Waals surface area contributed by atoms with E-state index < -0.39 is 0 Å². The average Bonchev–Trinajstić information content (AvgIpc) is 2.27. The largest absolute Gasteiger partial charge is 0.254 e. The van der Waals surface area contributed by atoms with Gasteiger partial charge in [0.05, 0.1) is 28.9 Å². The van der Waals surface area contributed by atoms with Crippen LogP contribution in [0.15, 0.2) is 46.5 Å². The number of nitrogens with zero attached hydrogens (tertiary/aromatic N) is 3. The molecule has 1 aromatic carbocycles.